The fourth-order valence-corrected chi connectivity index (χ4v) is 3.52. The first-order valence-electron chi connectivity index (χ1n) is 7.37. The SMILES string of the molecule is COc1ccc(Br)c(C(=O)N(C2CCCC2)C2CC2)c1. The highest BCUT2D eigenvalue weighted by atomic mass is 79.9. The van der Waals surface area contributed by atoms with Crippen molar-refractivity contribution in [1.82, 2.24) is 4.90 Å². The van der Waals surface area contributed by atoms with Crippen molar-refractivity contribution in [3.63, 3.8) is 0 Å². The maximum Gasteiger partial charge on any atom is 0.255 e. The van der Waals surface area contributed by atoms with E-state index in [9.17, 15) is 4.79 Å². The van der Waals surface area contributed by atoms with Gasteiger partial charge in [-0.2, -0.15) is 0 Å². The molecule has 108 valence electrons. The van der Waals surface area contributed by atoms with Gasteiger partial charge in [-0.25, -0.2) is 0 Å². The Hall–Kier alpha value is -1.03. The second-order valence-electron chi connectivity index (χ2n) is 5.73. The van der Waals surface area contributed by atoms with Crippen molar-refractivity contribution in [2.24, 2.45) is 0 Å². The minimum absolute atomic E-state index is 0.158. The predicted molar refractivity (Wildman–Crippen MR) is 82.1 cm³/mol. The topological polar surface area (TPSA) is 29.5 Å². The lowest BCUT2D eigenvalue weighted by Gasteiger charge is -2.29. The first-order valence-corrected chi connectivity index (χ1v) is 8.16. The zero-order valence-corrected chi connectivity index (χ0v) is 13.4. The standard InChI is InChI=1S/C16H20BrNO2/c1-20-13-8-9-15(17)14(10-13)16(19)18(12-6-7-12)11-4-2-3-5-11/h8-12H,2-7H2,1H3. The summed E-state index contributed by atoms with van der Waals surface area (Å²) in [7, 11) is 1.63. The Kier molecular flexibility index (Phi) is 4.01. The van der Waals surface area contributed by atoms with Crippen molar-refractivity contribution < 1.29 is 9.53 Å². The van der Waals surface area contributed by atoms with Crippen molar-refractivity contribution in [3.8, 4) is 5.75 Å². The summed E-state index contributed by atoms with van der Waals surface area (Å²) in [6.45, 7) is 0. The Balaban J connectivity index is 1.88. The number of carbonyl (C=O) groups is 1. The Morgan fingerprint density at radius 2 is 1.85 bits per heavy atom. The number of halogens is 1. The van der Waals surface area contributed by atoms with E-state index in [0.717, 1.165) is 41.5 Å². The predicted octanol–water partition coefficient (Wildman–Crippen LogP) is 4.00. The van der Waals surface area contributed by atoms with E-state index in [4.69, 9.17) is 4.74 Å². The summed E-state index contributed by atoms with van der Waals surface area (Å²) in [4.78, 5) is 15.1. The largest absolute Gasteiger partial charge is 0.497 e. The van der Waals surface area contributed by atoms with Crippen LogP contribution in [0.4, 0.5) is 0 Å². The Morgan fingerprint density at radius 1 is 1.20 bits per heavy atom. The van der Waals surface area contributed by atoms with E-state index >= 15 is 0 Å². The van der Waals surface area contributed by atoms with Crippen LogP contribution in [0.5, 0.6) is 5.75 Å². The van der Waals surface area contributed by atoms with Crippen LogP contribution in [0.15, 0.2) is 22.7 Å². The molecule has 0 saturated heterocycles. The minimum Gasteiger partial charge on any atom is -0.497 e. The van der Waals surface area contributed by atoms with Crippen LogP contribution in [0, 0.1) is 0 Å². The molecule has 2 saturated carbocycles. The average Bonchev–Trinajstić information content (AvgIpc) is 3.14. The molecule has 0 aliphatic heterocycles. The molecular formula is C16H20BrNO2. The molecule has 1 amide bonds. The zero-order valence-electron chi connectivity index (χ0n) is 11.8. The van der Waals surface area contributed by atoms with Crippen molar-refractivity contribution in [3.05, 3.63) is 28.2 Å². The van der Waals surface area contributed by atoms with Crippen LogP contribution in [0.1, 0.15) is 48.9 Å². The molecule has 0 heterocycles. The number of nitrogens with zero attached hydrogens (tertiary/aromatic N) is 1. The number of benzene rings is 1. The van der Waals surface area contributed by atoms with Crippen molar-refractivity contribution in [1.29, 1.82) is 0 Å². The van der Waals surface area contributed by atoms with E-state index in [1.54, 1.807) is 7.11 Å². The Bertz CT molecular complexity index is 507. The van der Waals surface area contributed by atoms with Crippen LogP contribution in [-0.4, -0.2) is 30.0 Å². The summed E-state index contributed by atoms with van der Waals surface area (Å²) in [5.74, 6) is 0.892. The van der Waals surface area contributed by atoms with Gasteiger partial charge >= 0.3 is 0 Å². The van der Waals surface area contributed by atoms with Crippen LogP contribution in [-0.2, 0) is 0 Å². The summed E-state index contributed by atoms with van der Waals surface area (Å²) in [5, 5.41) is 0. The van der Waals surface area contributed by atoms with E-state index in [-0.39, 0.29) is 5.91 Å². The number of rotatable bonds is 4. The molecule has 0 radical (unpaired) electrons. The number of methoxy groups -OCH3 is 1. The van der Waals surface area contributed by atoms with E-state index in [1.165, 1.54) is 12.8 Å². The van der Waals surface area contributed by atoms with E-state index < -0.39 is 0 Å². The smallest absolute Gasteiger partial charge is 0.255 e. The summed E-state index contributed by atoms with van der Waals surface area (Å²) in [6, 6.07) is 6.51. The zero-order chi connectivity index (χ0) is 14.1. The summed E-state index contributed by atoms with van der Waals surface area (Å²) >= 11 is 3.50. The van der Waals surface area contributed by atoms with Crippen LogP contribution in [0.2, 0.25) is 0 Å². The maximum absolute atomic E-state index is 12.9. The van der Waals surface area contributed by atoms with Crippen LogP contribution < -0.4 is 4.74 Å². The Morgan fingerprint density at radius 3 is 2.45 bits per heavy atom. The fraction of sp³-hybridized carbons (Fsp3) is 0.562. The quantitative estimate of drug-likeness (QED) is 0.830. The molecule has 0 aromatic heterocycles. The van der Waals surface area contributed by atoms with Gasteiger partial charge in [0, 0.05) is 16.6 Å². The summed E-state index contributed by atoms with van der Waals surface area (Å²) in [6.07, 6.45) is 7.13. The lowest BCUT2D eigenvalue weighted by molar-refractivity contribution is 0.0663. The van der Waals surface area contributed by atoms with Crippen molar-refractivity contribution >= 4 is 21.8 Å². The molecule has 0 bridgehead atoms. The number of ether oxygens (including phenoxy) is 1. The number of carbonyl (C=O) groups excluding carboxylic acids is 1. The van der Waals surface area contributed by atoms with Gasteiger partial charge < -0.3 is 9.64 Å². The lowest BCUT2D eigenvalue weighted by atomic mass is 10.1. The van der Waals surface area contributed by atoms with Gasteiger partial charge in [-0.3, -0.25) is 4.79 Å². The van der Waals surface area contributed by atoms with Gasteiger partial charge in [0.25, 0.3) is 5.91 Å². The molecular weight excluding hydrogens is 318 g/mol. The monoisotopic (exact) mass is 337 g/mol. The van der Waals surface area contributed by atoms with Gasteiger partial charge in [0.15, 0.2) is 0 Å². The molecule has 4 heteroatoms. The summed E-state index contributed by atoms with van der Waals surface area (Å²) in [5.41, 5.74) is 0.725. The average molecular weight is 338 g/mol. The number of hydrogen-bond acceptors (Lipinski definition) is 2. The third kappa shape index (κ3) is 2.71. The third-order valence-corrected chi connectivity index (χ3v) is 4.99. The van der Waals surface area contributed by atoms with Gasteiger partial charge in [0.1, 0.15) is 5.75 Å². The van der Waals surface area contributed by atoms with Crippen LogP contribution in [0.25, 0.3) is 0 Å². The molecule has 1 aromatic carbocycles. The van der Waals surface area contributed by atoms with Crippen LogP contribution >= 0.6 is 15.9 Å². The lowest BCUT2D eigenvalue weighted by Crippen LogP contribution is -2.40. The molecule has 0 spiro atoms. The van der Waals surface area contributed by atoms with E-state index in [2.05, 4.69) is 20.8 Å². The molecule has 3 nitrogen and oxygen atoms in total. The molecule has 3 rings (SSSR count). The van der Waals surface area contributed by atoms with Crippen molar-refractivity contribution in [2.75, 3.05) is 7.11 Å². The van der Waals surface area contributed by atoms with Crippen LogP contribution in [0.3, 0.4) is 0 Å². The Labute approximate surface area is 128 Å². The van der Waals surface area contributed by atoms with E-state index in [1.807, 2.05) is 18.2 Å². The maximum atomic E-state index is 12.9. The molecule has 20 heavy (non-hydrogen) atoms. The second kappa shape index (κ2) is 5.76. The first-order chi connectivity index (χ1) is 9.70. The normalized spacial score (nSPS) is 19.1. The number of hydrogen-bond donors (Lipinski definition) is 0. The summed E-state index contributed by atoms with van der Waals surface area (Å²) < 4.78 is 6.10. The van der Waals surface area contributed by atoms with Gasteiger partial charge in [0.05, 0.1) is 12.7 Å². The van der Waals surface area contributed by atoms with Gasteiger partial charge in [-0.05, 0) is 59.8 Å². The van der Waals surface area contributed by atoms with Gasteiger partial charge in [0.2, 0.25) is 0 Å². The highest BCUT2D eigenvalue weighted by Gasteiger charge is 2.39. The van der Waals surface area contributed by atoms with Gasteiger partial charge in [-0.1, -0.05) is 12.8 Å². The first kappa shape index (κ1) is 13.9. The molecule has 2 fully saturated rings. The van der Waals surface area contributed by atoms with Gasteiger partial charge in [-0.15, -0.1) is 0 Å². The molecule has 2 aliphatic rings. The molecule has 1 aromatic rings. The molecule has 2 aliphatic carbocycles. The van der Waals surface area contributed by atoms with Crippen molar-refractivity contribution in [2.45, 2.75) is 50.6 Å². The van der Waals surface area contributed by atoms with E-state index in [0.29, 0.717) is 12.1 Å². The minimum atomic E-state index is 0.158. The highest BCUT2D eigenvalue weighted by Crippen LogP contribution is 2.37. The molecule has 0 N–H and O–H groups in total. The molecule has 0 unspecified atom stereocenters. The highest BCUT2D eigenvalue weighted by molar-refractivity contribution is 9.10. The number of amides is 1. The second-order valence-corrected chi connectivity index (χ2v) is 6.58. The third-order valence-electron chi connectivity index (χ3n) is 4.30. The molecule has 0 atom stereocenters. The fourth-order valence-electron chi connectivity index (χ4n) is 3.10.